The third-order valence-electron chi connectivity index (χ3n) is 5.84. The largest absolute Gasteiger partial charge is 0.576 e. The number of amides is 1. The van der Waals surface area contributed by atoms with E-state index in [0.29, 0.717) is 5.56 Å². The van der Waals surface area contributed by atoms with Crippen LogP contribution in [-0.4, -0.2) is 73.9 Å². The van der Waals surface area contributed by atoms with Crippen LogP contribution in [0.25, 0.3) is 0 Å². The molecule has 35 heavy (non-hydrogen) atoms. The first kappa shape index (κ1) is 27.4. The predicted molar refractivity (Wildman–Crippen MR) is 126 cm³/mol. The maximum Gasteiger partial charge on any atom is 0.576 e. The Morgan fingerprint density at radius 2 is 1.89 bits per heavy atom. The van der Waals surface area contributed by atoms with E-state index in [0.717, 1.165) is 25.2 Å². The summed E-state index contributed by atoms with van der Waals surface area (Å²) in [5.41, 5.74) is 0.680. The Kier molecular flexibility index (Phi) is 9.57. The highest BCUT2D eigenvalue weighted by Crippen LogP contribution is 2.63. The van der Waals surface area contributed by atoms with E-state index in [1.807, 2.05) is 12.1 Å². The van der Waals surface area contributed by atoms with Crippen molar-refractivity contribution in [3.63, 3.8) is 0 Å². The van der Waals surface area contributed by atoms with Crippen LogP contribution in [0.15, 0.2) is 24.3 Å². The number of methoxy groups -OCH3 is 1. The van der Waals surface area contributed by atoms with Crippen LogP contribution in [0.1, 0.15) is 49.0 Å². The number of hydrogen-bond acceptors (Lipinski definition) is 10. The lowest BCUT2D eigenvalue weighted by Crippen LogP contribution is -2.50. The number of carbonyl (C=O) groups excluding carboxylic acids is 3. The Bertz CT molecular complexity index is 889. The van der Waals surface area contributed by atoms with Crippen LogP contribution >= 0.6 is 8.17 Å². The van der Waals surface area contributed by atoms with Gasteiger partial charge in [0.15, 0.2) is 6.10 Å². The van der Waals surface area contributed by atoms with Crippen LogP contribution < -0.4 is 5.32 Å². The fourth-order valence-corrected chi connectivity index (χ4v) is 5.28. The van der Waals surface area contributed by atoms with Crippen molar-refractivity contribution in [3.05, 3.63) is 35.4 Å². The molecule has 194 valence electrons. The second-order valence-electron chi connectivity index (χ2n) is 9.19. The summed E-state index contributed by atoms with van der Waals surface area (Å²) in [5, 5.41) is 2.58. The van der Waals surface area contributed by atoms with Crippen molar-refractivity contribution >= 4 is 26.0 Å². The van der Waals surface area contributed by atoms with Gasteiger partial charge in [0.05, 0.1) is 19.1 Å². The van der Waals surface area contributed by atoms with Gasteiger partial charge in [0.1, 0.15) is 6.61 Å². The molecule has 1 amide bonds. The van der Waals surface area contributed by atoms with Gasteiger partial charge in [-0.2, -0.15) is 9.42 Å². The number of carbonyl (C=O) groups is 3. The molecule has 0 aromatic heterocycles. The number of esters is 2. The average molecular weight is 514 g/mol. The molecule has 2 atom stereocenters. The first-order chi connectivity index (χ1) is 16.6. The molecule has 2 heterocycles. The smallest absolute Gasteiger partial charge is 0.469 e. The topological polar surface area (TPSA) is 133 Å². The summed E-state index contributed by atoms with van der Waals surface area (Å²) < 4.78 is 25.7. The summed E-state index contributed by atoms with van der Waals surface area (Å²) in [5.74, 6) is -1.62. The molecule has 1 aromatic carbocycles. The highest BCUT2D eigenvalue weighted by molar-refractivity contribution is 7.55. The molecule has 2 N–H and O–H groups in total. The third kappa shape index (κ3) is 7.93. The number of likely N-dealkylation sites (tertiary alicyclic amines) is 1. The Morgan fingerprint density at radius 3 is 2.54 bits per heavy atom. The van der Waals surface area contributed by atoms with E-state index >= 15 is 0 Å². The molecule has 2 aliphatic rings. The Morgan fingerprint density at radius 1 is 1.20 bits per heavy atom. The normalized spacial score (nSPS) is 24.1. The fourth-order valence-electron chi connectivity index (χ4n) is 3.76. The van der Waals surface area contributed by atoms with Gasteiger partial charge in [-0.25, -0.2) is 4.79 Å². The molecule has 0 spiro atoms. The summed E-state index contributed by atoms with van der Waals surface area (Å²) in [6.07, 6.45) is 1.32. The highest BCUT2D eigenvalue weighted by Gasteiger charge is 2.59. The summed E-state index contributed by atoms with van der Waals surface area (Å²) in [6, 6.07) is 7.13. The van der Waals surface area contributed by atoms with Crippen LogP contribution in [0.4, 0.5) is 0 Å². The third-order valence-corrected chi connectivity index (χ3v) is 7.21. The Balaban J connectivity index is 1.47. The molecule has 1 unspecified atom stereocenters. The fraction of sp³-hybridized carbons (Fsp3) is 0.609. The van der Waals surface area contributed by atoms with Gasteiger partial charge in [-0.15, -0.1) is 9.05 Å². The van der Waals surface area contributed by atoms with E-state index < -0.39 is 44.3 Å². The molecule has 0 bridgehead atoms. The molecule has 2 saturated heterocycles. The monoisotopic (exact) mass is 513 g/mol. The van der Waals surface area contributed by atoms with Crippen molar-refractivity contribution in [2.45, 2.75) is 45.8 Å². The van der Waals surface area contributed by atoms with Crippen LogP contribution in [0.3, 0.4) is 0 Å². The lowest BCUT2D eigenvalue weighted by Gasteiger charge is -2.36. The maximum absolute atomic E-state index is 12.6. The van der Waals surface area contributed by atoms with Gasteiger partial charge in [-0.3, -0.25) is 14.5 Å². The van der Waals surface area contributed by atoms with E-state index in [-0.39, 0.29) is 19.6 Å². The number of nitrogens with one attached hydrogen (secondary N) is 1. The highest BCUT2D eigenvalue weighted by atomic mass is 31.2. The molecule has 2 aliphatic heterocycles. The Hall–Kier alpha value is -2.14. The second kappa shape index (κ2) is 12.2. The molecular formula is C23H34N2O9P+. The molecular weight excluding hydrogens is 479 g/mol. The number of rotatable bonds is 10. The SMILES string of the molecule is COC(=O)CCNC(=O)[C@@H]1O[P+](O)(OCOC(=O)c2ccc(CN3CCCC3)cc2)OCC1(C)C. The average Bonchev–Trinajstić information content (AvgIpc) is 3.34. The second-order valence-corrected chi connectivity index (χ2v) is 10.9. The predicted octanol–water partition coefficient (Wildman–Crippen LogP) is 2.20. The number of nitrogens with zero attached hydrogens (tertiary/aromatic N) is 1. The standard InChI is InChI=1S/C23H33N2O9P/c1-23(2)15-32-35(29,34-20(23)21(27)24-11-10-19(26)30-3)33-16-31-22(28)18-8-6-17(7-9-18)14-25-12-4-5-13-25/h6-9,20,29H,4-5,10-16H2,1-3H3/p+1/t20-,35?/m0/s1. The van der Waals surface area contributed by atoms with Crippen molar-refractivity contribution in [2.24, 2.45) is 5.41 Å². The zero-order chi connectivity index (χ0) is 25.5. The van der Waals surface area contributed by atoms with Crippen molar-refractivity contribution in [1.82, 2.24) is 10.2 Å². The maximum atomic E-state index is 12.6. The van der Waals surface area contributed by atoms with Gasteiger partial charge in [0, 0.05) is 18.5 Å². The van der Waals surface area contributed by atoms with Crippen molar-refractivity contribution < 1.29 is 42.3 Å². The first-order valence-corrected chi connectivity index (χ1v) is 13.0. The summed E-state index contributed by atoms with van der Waals surface area (Å²) in [7, 11) is -2.66. The number of benzene rings is 1. The van der Waals surface area contributed by atoms with Crippen LogP contribution in [0, 0.1) is 5.41 Å². The van der Waals surface area contributed by atoms with E-state index in [1.54, 1.807) is 26.0 Å². The van der Waals surface area contributed by atoms with Gasteiger partial charge >= 0.3 is 20.1 Å². The van der Waals surface area contributed by atoms with E-state index in [4.69, 9.17) is 18.3 Å². The minimum atomic E-state index is -3.92. The molecule has 0 saturated carbocycles. The van der Waals surface area contributed by atoms with Gasteiger partial charge in [0.25, 0.3) is 5.91 Å². The summed E-state index contributed by atoms with van der Waals surface area (Å²) in [4.78, 5) is 49.2. The zero-order valence-corrected chi connectivity index (χ0v) is 21.3. The van der Waals surface area contributed by atoms with Gasteiger partial charge in [-0.1, -0.05) is 26.0 Å². The van der Waals surface area contributed by atoms with Crippen LogP contribution in [-0.2, 0) is 39.2 Å². The van der Waals surface area contributed by atoms with E-state index in [9.17, 15) is 19.3 Å². The molecule has 1 aromatic rings. The molecule has 12 heteroatoms. The van der Waals surface area contributed by atoms with Gasteiger partial charge in [-0.05, 0) is 43.6 Å². The van der Waals surface area contributed by atoms with Crippen molar-refractivity contribution in [2.75, 3.05) is 40.1 Å². The van der Waals surface area contributed by atoms with E-state index in [2.05, 4.69) is 15.0 Å². The molecule has 2 fully saturated rings. The minimum absolute atomic E-state index is 0.00299. The first-order valence-electron chi connectivity index (χ1n) is 11.5. The molecule has 0 radical (unpaired) electrons. The minimum Gasteiger partial charge on any atom is -0.469 e. The molecule has 11 nitrogen and oxygen atoms in total. The van der Waals surface area contributed by atoms with E-state index in [1.165, 1.54) is 20.0 Å². The summed E-state index contributed by atoms with van der Waals surface area (Å²) >= 11 is 0. The Labute approximate surface area is 205 Å². The quantitative estimate of drug-likeness (QED) is 0.273. The molecule has 3 rings (SSSR count). The van der Waals surface area contributed by atoms with Gasteiger partial charge < -0.3 is 14.8 Å². The zero-order valence-electron chi connectivity index (χ0n) is 20.4. The summed E-state index contributed by atoms with van der Waals surface area (Å²) in [6.45, 7) is 5.89. The molecule has 0 aliphatic carbocycles. The van der Waals surface area contributed by atoms with Crippen LogP contribution in [0.5, 0.6) is 0 Å². The van der Waals surface area contributed by atoms with Gasteiger partial charge in [0.2, 0.25) is 6.79 Å². The van der Waals surface area contributed by atoms with Crippen LogP contribution in [0.2, 0.25) is 0 Å². The lowest BCUT2D eigenvalue weighted by atomic mass is 9.87. The van der Waals surface area contributed by atoms with Crippen molar-refractivity contribution in [1.29, 1.82) is 0 Å². The number of ether oxygens (including phenoxy) is 2. The number of hydrogen-bond donors (Lipinski definition) is 2. The lowest BCUT2D eigenvalue weighted by molar-refractivity contribution is -0.146. The van der Waals surface area contributed by atoms with Crippen molar-refractivity contribution in [3.8, 4) is 0 Å².